The quantitative estimate of drug-likeness (QED) is 0.695. The van der Waals surface area contributed by atoms with Crippen LogP contribution in [0.3, 0.4) is 0 Å². The highest BCUT2D eigenvalue weighted by Crippen LogP contribution is 2.66. The van der Waals surface area contributed by atoms with Gasteiger partial charge in [0.05, 0.1) is 0 Å². The number of para-hydroxylation sites is 1. The van der Waals surface area contributed by atoms with Crippen molar-refractivity contribution >= 4 is 17.4 Å². The van der Waals surface area contributed by atoms with Crippen LogP contribution in [0.5, 0.6) is 0 Å². The Morgan fingerprint density at radius 2 is 1.76 bits per heavy atom. The molecular weight excluding hydrogens is 358 g/mol. The number of nitrogens with one attached hydrogen (secondary N) is 1. The maximum Gasteiger partial charge on any atom is 0.228 e. The van der Waals surface area contributed by atoms with Crippen molar-refractivity contribution in [2.45, 2.75) is 65.2 Å². The summed E-state index contributed by atoms with van der Waals surface area (Å²) in [6.45, 7) is 4.83. The first-order valence-corrected chi connectivity index (χ1v) is 11.5. The number of amides is 1. The molecule has 3 nitrogen and oxygen atoms in total. The number of carbonyl (C=O) groups excluding carboxylic acids is 2. The molecule has 4 aliphatic rings. The Hall–Kier alpha value is -1.90. The number of carbonyl (C=O) groups is 2. The number of fused-ring (bicyclic) bond motifs is 5. The molecule has 1 N–H and O–H groups in total. The number of hydrogen-bond acceptors (Lipinski definition) is 2. The second-order valence-corrected chi connectivity index (χ2v) is 10.5. The zero-order chi connectivity index (χ0) is 20.2. The summed E-state index contributed by atoms with van der Waals surface area (Å²) in [5.74, 6) is 2.69. The normalized spacial score (nSPS) is 41.0. The van der Waals surface area contributed by atoms with Crippen molar-refractivity contribution in [3.63, 3.8) is 0 Å². The first-order valence-electron chi connectivity index (χ1n) is 11.5. The van der Waals surface area contributed by atoms with Gasteiger partial charge >= 0.3 is 0 Å². The summed E-state index contributed by atoms with van der Waals surface area (Å²) >= 11 is 0. The topological polar surface area (TPSA) is 46.2 Å². The fourth-order valence-electron chi connectivity index (χ4n) is 7.74. The molecule has 3 heteroatoms. The van der Waals surface area contributed by atoms with E-state index in [-0.39, 0.29) is 22.7 Å². The SMILES string of the molecule is C[C@]12CC[C@H]3[C@@H](CCC4=CC(=O)CC[C@@]43C)[C@@H]1CC[C@@H]2C(=O)Nc1ccccc1. The van der Waals surface area contributed by atoms with Gasteiger partial charge in [0, 0.05) is 18.0 Å². The van der Waals surface area contributed by atoms with E-state index in [1.165, 1.54) is 24.8 Å². The van der Waals surface area contributed by atoms with E-state index in [9.17, 15) is 9.59 Å². The van der Waals surface area contributed by atoms with Crippen LogP contribution in [0.4, 0.5) is 5.69 Å². The lowest BCUT2D eigenvalue weighted by atomic mass is 9.47. The Bertz CT molecular complexity index is 859. The van der Waals surface area contributed by atoms with E-state index in [1.54, 1.807) is 0 Å². The van der Waals surface area contributed by atoms with Gasteiger partial charge < -0.3 is 5.32 Å². The van der Waals surface area contributed by atoms with Gasteiger partial charge in [-0.15, -0.1) is 0 Å². The summed E-state index contributed by atoms with van der Waals surface area (Å²) < 4.78 is 0. The third kappa shape index (κ3) is 2.92. The standard InChI is InChI=1S/C26H33NO2/c1-25-14-12-19(28)16-17(25)8-9-20-21-10-11-23(26(21,2)15-13-22(20)25)24(29)27-18-6-4-3-5-7-18/h3-7,16,20-23H,8-15H2,1-2H3,(H,27,29)/t20-,21-,22-,23+,25-,26-/m0/s1. The molecule has 154 valence electrons. The van der Waals surface area contributed by atoms with Gasteiger partial charge in [0.25, 0.3) is 0 Å². The minimum Gasteiger partial charge on any atom is -0.326 e. The first-order chi connectivity index (χ1) is 13.9. The molecule has 0 aliphatic heterocycles. The predicted octanol–water partition coefficient (Wildman–Crippen LogP) is 5.77. The van der Waals surface area contributed by atoms with E-state index < -0.39 is 0 Å². The Balaban J connectivity index is 1.38. The lowest BCUT2D eigenvalue weighted by Crippen LogP contribution is -2.51. The van der Waals surface area contributed by atoms with Gasteiger partial charge in [-0.3, -0.25) is 9.59 Å². The van der Waals surface area contributed by atoms with Crippen LogP contribution < -0.4 is 5.32 Å². The number of ketones is 1. The zero-order valence-electron chi connectivity index (χ0n) is 17.7. The van der Waals surface area contributed by atoms with Crippen LogP contribution in [0.1, 0.15) is 65.2 Å². The van der Waals surface area contributed by atoms with Crippen LogP contribution in [0.15, 0.2) is 42.0 Å². The highest BCUT2D eigenvalue weighted by atomic mass is 16.2. The molecule has 0 spiro atoms. The Kier molecular flexibility index (Phi) is 4.49. The molecule has 0 heterocycles. The smallest absolute Gasteiger partial charge is 0.228 e. The van der Waals surface area contributed by atoms with E-state index in [0.29, 0.717) is 30.0 Å². The third-order valence-electron chi connectivity index (χ3n) is 9.32. The van der Waals surface area contributed by atoms with Crippen LogP contribution in [-0.2, 0) is 9.59 Å². The van der Waals surface area contributed by atoms with Crippen molar-refractivity contribution in [2.24, 2.45) is 34.5 Å². The van der Waals surface area contributed by atoms with Gasteiger partial charge in [-0.2, -0.15) is 0 Å². The van der Waals surface area contributed by atoms with E-state index >= 15 is 0 Å². The van der Waals surface area contributed by atoms with E-state index in [4.69, 9.17) is 0 Å². The molecule has 1 aromatic rings. The molecule has 1 amide bonds. The summed E-state index contributed by atoms with van der Waals surface area (Å²) in [4.78, 5) is 25.2. The van der Waals surface area contributed by atoms with Crippen molar-refractivity contribution in [3.8, 4) is 0 Å². The fourth-order valence-corrected chi connectivity index (χ4v) is 7.74. The lowest BCUT2D eigenvalue weighted by molar-refractivity contribution is -0.127. The third-order valence-corrected chi connectivity index (χ3v) is 9.32. The Labute approximate surface area is 174 Å². The first kappa shape index (κ1) is 19.1. The van der Waals surface area contributed by atoms with Crippen molar-refractivity contribution < 1.29 is 9.59 Å². The maximum absolute atomic E-state index is 13.2. The van der Waals surface area contributed by atoms with Crippen molar-refractivity contribution in [1.29, 1.82) is 0 Å². The Morgan fingerprint density at radius 1 is 0.966 bits per heavy atom. The molecule has 4 aliphatic carbocycles. The number of anilines is 1. The van der Waals surface area contributed by atoms with E-state index in [2.05, 4.69) is 19.2 Å². The number of hydrogen-bond donors (Lipinski definition) is 1. The second-order valence-electron chi connectivity index (χ2n) is 10.5. The molecule has 0 aromatic heterocycles. The average molecular weight is 392 g/mol. The minimum absolute atomic E-state index is 0.113. The maximum atomic E-state index is 13.2. The van der Waals surface area contributed by atoms with Crippen LogP contribution >= 0.6 is 0 Å². The number of rotatable bonds is 2. The largest absolute Gasteiger partial charge is 0.326 e. The van der Waals surface area contributed by atoms with Gasteiger partial charge in [0.1, 0.15) is 0 Å². The zero-order valence-corrected chi connectivity index (χ0v) is 17.7. The van der Waals surface area contributed by atoms with Crippen LogP contribution in [0, 0.1) is 34.5 Å². The summed E-state index contributed by atoms with van der Waals surface area (Å²) in [6.07, 6.45) is 10.5. The summed E-state index contributed by atoms with van der Waals surface area (Å²) in [7, 11) is 0. The van der Waals surface area contributed by atoms with Crippen LogP contribution in [0.2, 0.25) is 0 Å². The summed E-state index contributed by atoms with van der Waals surface area (Å²) in [5, 5.41) is 3.19. The van der Waals surface area contributed by atoms with Gasteiger partial charge in [-0.25, -0.2) is 0 Å². The highest BCUT2D eigenvalue weighted by molar-refractivity contribution is 5.93. The van der Waals surface area contributed by atoms with Crippen molar-refractivity contribution in [3.05, 3.63) is 42.0 Å². The van der Waals surface area contributed by atoms with Crippen LogP contribution in [-0.4, -0.2) is 11.7 Å². The highest BCUT2D eigenvalue weighted by Gasteiger charge is 2.60. The Morgan fingerprint density at radius 3 is 2.55 bits per heavy atom. The molecule has 5 rings (SSSR count). The number of allylic oxidation sites excluding steroid dienone is 1. The van der Waals surface area contributed by atoms with Gasteiger partial charge in [0.2, 0.25) is 5.91 Å². The molecular formula is C26H33NO2. The molecule has 6 atom stereocenters. The van der Waals surface area contributed by atoms with E-state index in [1.807, 2.05) is 36.4 Å². The monoisotopic (exact) mass is 391 g/mol. The molecule has 29 heavy (non-hydrogen) atoms. The average Bonchev–Trinajstić information content (AvgIpc) is 3.06. The molecule has 3 fully saturated rings. The number of benzene rings is 1. The molecule has 0 bridgehead atoms. The molecule has 0 saturated heterocycles. The predicted molar refractivity (Wildman–Crippen MR) is 115 cm³/mol. The van der Waals surface area contributed by atoms with Crippen molar-refractivity contribution in [1.82, 2.24) is 0 Å². The molecule has 0 radical (unpaired) electrons. The van der Waals surface area contributed by atoms with Gasteiger partial charge in [-0.05, 0) is 91.7 Å². The summed E-state index contributed by atoms with van der Waals surface area (Å²) in [6, 6.07) is 9.88. The molecule has 0 unspecified atom stereocenters. The van der Waals surface area contributed by atoms with Gasteiger partial charge in [-0.1, -0.05) is 37.6 Å². The fraction of sp³-hybridized carbons (Fsp3) is 0.615. The van der Waals surface area contributed by atoms with Crippen LogP contribution in [0.25, 0.3) is 0 Å². The van der Waals surface area contributed by atoms with Gasteiger partial charge in [0.15, 0.2) is 5.78 Å². The second kappa shape index (κ2) is 6.82. The molecule has 3 saturated carbocycles. The summed E-state index contributed by atoms with van der Waals surface area (Å²) in [5.41, 5.74) is 2.66. The van der Waals surface area contributed by atoms with Crippen molar-refractivity contribution in [2.75, 3.05) is 5.32 Å². The molecule has 1 aromatic carbocycles. The van der Waals surface area contributed by atoms with E-state index in [0.717, 1.165) is 31.4 Å². The minimum atomic E-state index is 0.113. The lowest BCUT2D eigenvalue weighted by Gasteiger charge is -2.58.